The number of fused-ring (bicyclic) bond motifs is 2. The fourth-order valence-electron chi connectivity index (χ4n) is 6.42. The lowest BCUT2D eigenvalue weighted by molar-refractivity contribution is 0.0114. The number of aryl methyl sites for hydroxylation is 1. The van der Waals surface area contributed by atoms with Gasteiger partial charge in [0.1, 0.15) is 0 Å². The van der Waals surface area contributed by atoms with Crippen LogP contribution in [0.25, 0.3) is 5.57 Å². The fourth-order valence-corrected chi connectivity index (χ4v) is 6.80. The SMILES string of the molecule is COc1cc2c(cc1OS(N)(=O)=O)CCC1=C2CC[C@]2(C)[C@H](O)C[C@H]3C[C@@]132. The van der Waals surface area contributed by atoms with E-state index in [1.807, 2.05) is 6.07 Å². The Morgan fingerprint density at radius 3 is 2.70 bits per heavy atom. The number of rotatable bonds is 3. The van der Waals surface area contributed by atoms with E-state index >= 15 is 0 Å². The van der Waals surface area contributed by atoms with Crippen molar-refractivity contribution in [3.63, 3.8) is 0 Å². The maximum atomic E-state index is 11.4. The second-order valence-corrected chi connectivity index (χ2v) is 9.89. The van der Waals surface area contributed by atoms with Crippen LogP contribution in [-0.2, 0) is 16.7 Å². The third kappa shape index (κ3) is 2.22. The number of aliphatic hydroxyl groups excluding tert-OH is 1. The van der Waals surface area contributed by atoms with Gasteiger partial charge in [0.15, 0.2) is 11.5 Å². The van der Waals surface area contributed by atoms with Gasteiger partial charge in [-0.15, -0.1) is 0 Å². The molecule has 4 aliphatic carbocycles. The van der Waals surface area contributed by atoms with Crippen LogP contribution in [0.15, 0.2) is 17.7 Å². The van der Waals surface area contributed by atoms with Crippen LogP contribution in [0.4, 0.5) is 0 Å². The van der Waals surface area contributed by atoms with Crippen LogP contribution in [0.3, 0.4) is 0 Å². The van der Waals surface area contributed by atoms with Crippen molar-refractivity contribution in [1.29, 1.82) is 0 Å². The molecular formula is C20H25NO5S. The number of benzene rings is 1. The summed E-state index contributed by atoms with van der Waals surface area (Å²) >= 11 is 0. The zero-order chi connectivity index (χ0) is 19.2. The molecule has 2 fully saturated rings. The molecule has 1 spiro atoms. The molecule has 0 unspecified atom stereocenters. The molecule has 27 heavy (non-hydrogen) atoms. The monoisotopic (exact) mass is 391 g/mol. The minimum absolute atomic E-state index is 0.00519. The number of aliphatic hydroxyl groups is 1. The highest BCUT2D eigenvalue weighted by atomic mass is 32.2. The van der Waals surface area contributed by atoms with Crippen LogP contribution in [0.1, 0.15) is 50.2 Å². The smallest absolute Gasteiger partial charge is 0.380 e. The Hall–Kier alpha value is -1.57. The lowest BCUT2D eigenvalue weighted by Crippen LogP contribution is -2.41. The van der Waals surface area contributed by atoms with Crippen LogP contribution in [0, 0.1) is 16.7 Å². The van der Waals surface area contributed by atoms with Gasteiger partial charge in [-0.25, -0.2) is 0 Å². The third-order valence-electron chi connectivity index (χ3n) is 7.73. The van der Waals surface area contributed by atoms with Crippen molar-refractivity contribution >= 4 is 15.9 Å². The maximum Gasteiger partial charge on any atom is 0.380 e. The van der Waals surface area contributed by atoms with Crippen molar-refractivity contribution in [3.05, 3.63) is 28.8 Å². The molecule has 0 aliphatic heterocycles. The molecule has 0 radical (unpaired) electrons. The van der Waals surface area contributed by atoms with E-state index in [4.69, 9.17) is 14.1 Å². The summed E-state index contributed by atoms with van der Waals surface area (Å²) in [4.78, 5) is 0. The zero-order valence-corrected chi connectivity index (χ0v) is 16.4. The van der Waals surface area contributed by atoms with Gasteiger partial charge in [0, 0.05) is 10.8 Å². The molecule has 0 aromatic heterocycles. The molecule has 1 aromatic carbocycles. The summed E-state index contributed by atoms with van der Waals surface area (Å²) < 4.78 is 33.1. The van der Waals surface area contributed by atoms with Gasteiger partial charge in [-0.05, 0) is 73.3 Å². The van der Waals surface area contributed by atoms with Crippen LogP contribution in [-0.4, -0.2) is 26.7 Å². The minimum Gasteiger partial charge on any atom is -0.493 e. The average Bonchev–Trinajstić information content (AvgIpc) is 3.25. The van der Waals surface area contributed by atoms with E-state index in [2.05, 4.69) is 6.92 Å². The standard InChI is InChI=1S/C20H25NO5S/c1-19-6-5-13-14-9-16(25-2)17(26-27(21,23)24)7-11(14)3-4-15(13)20(19)10-12(20)8-18(19)22/h7,9,12,18,22H,3-6,8,10H2,1-2H3,(H2,21,23,24)/t12-,18+,19+,20-/m0/s1. The second-order valence-electron chi connectivity index (χ2n) is 8.73. The van der Waals surface area contributed by atoms with Gasteiger partial charge in [-0.2, -0.15) is 13.6 Å². The van der Waals surface area contributed by atoms with E-state index in [-0.39, 0.29) is 22.7 Å². The molecule has 146 valence electrons. The lowest BCUT2D eigenvalue weighted by Gasteiger charge is -2.46. The number of ether oxygens (including phenoxy) is 1. The topological polar surface area (TPSA) is 98.9 Å². The van der Waals surface area contributed by atoms with Crippen LogP contribution >= 0.6 is 0 Å². The number of allylic oxidation sites excluding steroid dienone is 2. The van der Waals surface area contributed by atoms with E-state index in [1.165, 1.54) is 24.7 Å². The van der Waals surface area contributed by atoms with Crippen molar-refractivity contribution in [2.45, 2.75) is 51.6 Å². The average molecular weight is 391 g/mol. The number of methoxy groups -OCH3 is 1. The summed E-state index contributed by atoms with van der Waals surface area (Å²) in [6.07, 6.45) is 5.63. The van der Waals surface area contributed by atoms with E-state index < -0.39 is 10.3 Å². The molecular weight excluding hydrogens is 366 g/mol. The Bertz CT molecular complexity index is 984. The van der Waals surface area contributed by atoms with Crippen molar-refractivity contribution in [2.24, 2.45) is 21.9 Å². The first kappa shape index (κ1) is 17.5. The molecule has 0 saturated heterocycles. The first-order chi connectivity index (χ1) is 12.7. The Morgan fingerprint density at radius 2 is 2.00 bits per heavy atom. The van der Waals surface area contributed by atoms with E-state index in [1.54, 1.807) is 6.07 Å². The molecule has 1 aromatic rings. The van der Waals surface area contributed by atoms with Crippen LogP contribution in [0.5, 0.6) is 11.5 Å². The maximum absolute atomic E-state index is 11.4. The van der Waals surface area contributed by atoms with E-state index in [0.717, 1.165) is 43.2 Å². The van der Waals surface area contributed by atoms with Crippen molar-refractivity contribution in [1.82, 2.24) is 0 Å². The summed E-state index contributed by atoms with van der Waals surface area (Å²) in [5.74, 6) is 1.12. The molecule has 2 saturated carbocycles. The van der Waals surface area contributed by atoms with Crippen molar-refractivity contribution in [3.8, 4) is 11.5 Å². The van der Waals surface area contributed by atoms with Crippen LogP contribution < -0.4 is 14.1 Å². The van der Waals surface area contributed by atoms with E-state index in [9.17, 15) is 13.5 Å². The van der Waals surface area contributed by atoms with Crippen molar-refractivity contribution in [2.75, 3.05) is 7.11 Å². The number of nitrogens with two attached hydrogens (primary N) is 1. The highest BCUT2D eigenvalue weighted by Gasteiger charge is 2.74. The molecule has 0 bridgehead atoms. The summed E-state index contributed by atoms with van der Waals surface area (Å²) in [5.41, 5.74) is 5.26. The Labute approximate surface area is 159 Å². The predicted molar refractivity (Wildman–Crippen MR) is 100 cm³/mol. The van der Waals surface area contributed by atoms with Gasteiger partial charge < -0.3 is 14.0 Å². The summed E-state index contributed by atoms with van der Waals surface area (Å²) in [6.45, 7) is 2.27. The quantitative estimate of drug-likeness (QED) is 0.825. The lowest BCUT2D eigenvalue weighted by atomic mass is 9.59. The molecule has 4 atom stereocenters. The highest BCUT2D eigenvalue weighted by molar-refractivity contribution is 7.84. The number of hydrogen-bond donors (Lipinski definition) is 2. The molecule has 3 N–H and O–H groups in total. The highest BCUT2D eigenvalue weighted by Crippen LogP contribution is 2.80. The Balaban J connectivity index is 1.63. The molecule has 0 amide bonds. The summed E-state index contributed by atoms with van der Waals surface area (Å²) in [5, 5.41) is 15.7. The van der Waals surface area contributed by atoms with E-state index in [0.29, 0.717) is 11.7 Å². The minimum atomic E-state index is -4.11. The molecule has 4 aliphatic rings. The Kier molecular flexibility index (Phi) is 3.42. The predicted octanol–water partition coefficient (Wildman–Crippen LogP) is 2.55. The van der Waals surface area contributed by atoms with Crippen LogP contribution in [0.2, 0.25) is 0 Å². The fraction of sp³-hybridized carbons (Fsp3) is 0.600. The van der Waals surface area contributed by atoms with Crippen molar-refractivity contribution < 1.29 is 22.4 Å². The summed E-state index contributed by atoms with van der Waals surface area (Å²) in [7, 11) is -2.61. The molecule has 5 rings (SSSR count). The normalized spacial score (nSPS) is 36.4. The van der Waals surface area contributed by atoms with Gasteiger partial charge >= 0.3 is 10.3 Å². The zero-order valence-electron chi connectivity index (χ0n) is 15.6. The first-order valence-electron chi connectivity index (χ1n) is 9.53. The molecule has 0 heterocycles. The van der Waals surface area contributed by atoms with Gasteiger partial charge in [0.25, 0.3) is 0 Å². The first-order valence-corrected chi connectivity index (χ1v) is 11.0. The Morgan fingerprint density at radius 1 is 1.22 bits per heavy atom. The van der Waals surface area contributed by atoms with Gasteiger partial charge in [-0.3, -0.25) is 0 Å². The van der Waals surface area contributed by atoms with Gasteiger partial charge in [0.05, 0.1) is 13.2 Å². The largest absolute Gasteiger partial charge is 0.493 e. The molecule has 7 heteroatoms. The second kappa shape index (κ2) is 5.27. The third-order valence-corrected chi connectivity index (χ3v) is 8.14. The van der Waals surface area contributed by atoms with Gasteiger partial charge in [-0.1, -0.05) is 12.5 Å². The van der Waals surface area contributed by atoms with Gasteiger partial charge in [0.2, 0.25) is 0 Å². The number of hydrogen-bond acceptors (Lipinski definition) is 5. The molecule has 6 nitrogen and oxygen atoms in total. The summed E-state index contributed by atoms with van der Waals surface area (Å²) in [6, 6.07) is 3.65.